The van der Waals surface area contributed by atoms with Crippen LogP contribution in [0.1, 0.15) is 18.5 Å². The number of rotatable bonds is 5. The van der Waals surface area contributed by atoms with Crippen molar-refractivity contribution in [3.8, 4) is 5.69 Å². The number of hydrogen-bond acceptors (Lipinski definition) is 4. The molecule has 0 aliphatic heterocycles. The average molecular weight is 378 g/mol. The van der Waals surface area contributed by atoms with E-state index in [-0.39, 0.29) is 4.90 Å². The van der Waals surface area contributed by atoms with Gasteiger partial charge in [-0.3, -0.25) is 0 Å². The second kappa shape index (κ2) is 6.93. The highest BCUT2D eigenvalue weighted by Gasteiger charge is 2.27. The second-order valence-corrected chi connectivity index (χ2v) is 7.70. The number of sulfonamides is 1. The van der Waals surface area contributed by atoms with Crippen LogP contribution >= 0.6 is 0 Å². The summed E-state index contributed by atoms with van der Waals surface area (Å²) in [7, 11) is -2.58. The summed E-state index contributed by atoms with van der Waals surface area (Å²) in [6.07, 6.45) is 2.97. The molecule has 1 atom stereocenters. The Balaban J connectivity index is 1.86. The summed E-state index contributed by atoms with van der Waals surface area (Å²) in [5, 5.41) is 4.02. The predicted octanol–water partition coefficient (Wildman–Crippen LogP) is 2.93. The Morgan fingerprint density at radius 2 is 1.77 bits per heavy atom. The van der Waals surface area contributed by atoms with Crippen LogP contribution < -0.4 is 0 Å². The molecule has 1 heterocycles. The zero-order valence-corrected chi connectivity index (χ0v) is 14.9. The van der Waals surface area contributed by atoms with E-state index in [1.807, 2.05) is 0 Å². The molecule has 0 saturated carbocycles. The highest BCUT2D eigenvalue weighted by Crippen LogP contribution is 2.27. The molecular formula is C17H16F2N4O2S. The predicted molar refractivity (Wildman–Crippen MR) is 91.1 cm³/mol. The second-order valence-electron chi connectivity index (χ2n) is 5.70. The Morgan fingerprint density at radius 3 is 2.35 bits per heavy atom. The van der Waals surface area contributed by atoms with Crippen LogP contribution in [0.3, 0.4) is 0 Å². The molecule has 1 aromatic heterocycles. The van der Waals surface area contributed by atoms with E-state index in [4.69, 9.17) is 0 Å². The normalized spacial score (nSPS) is 13.1. The molecule has 0 aliphatic carbocycles. The summed E-state index contributed by atoms with van der Waals surface area (Å²) in [6, 6.07) is 9.15. The molecule has 26 heavy (non-hydrogen) atoms. The molecule has 0 N–H and O–H groups in total. The molecule has 3 rings (SSSR count). The number of halogens is 2. The van der Waals surface area contributed by atoms with Crippen molar-refractivity contribution in [3.05, 3.63) is 72.3 Å². The van der Waals surface area contributed by atoms with Gasteiger partial charge in [0, 0.05) is 13.1 Å². The first-order valence-electron chi connectivity index (χ1n) is 7.69. The van der Waals surface area contributed by atoms with Gasteiger partial charge >= 0.3 is 0 Å². The molecule has 0 spiro atoms. The number of hydrogen-bond donors (Lipinski definition) is 0. The van der Waals surface area contributed by atoms with Crippen LogP contribution in [0.5, 0.6) is 0 Å². The lowest BCUT2D eigenvalue weighted by Gasteiger charge is -2.25. The van der Waals surface area contributed by atoms with Gasteiger partial charge < -0.3 is 0 Å². The summed E-state index contributed by atoms with van der Waals surface area (Å²) in [5.74, 6) is -2.30. The Bertz CT molecular complexity index is 1010. The first-order valence-corrected chi connectivity index (χ1v) is 9.13. The molecule has 0 aliphatic rings. The van der Waals surface area contributed by atoms with Crippen LogP contribution in [0, 0.1) is 11.6 Å². The maximum atomic E-state index is 13.4. The van der Waals surface area contributed by atoms with Crippen molar-refractivity contribution in [2.24, 2.45) is 0 Å². The number of benzene rings is 2. The molecule has 9 heteroatoms. The van der Waals surface area contributed by atoms with Gasteiger partial charge in [0.05, 0.1) is 10.6 Å². The third-order valence-corrected chi connectivity index (χ3v) is 6.10. The monoisotopic (exact) mass is 378 g/mol. The van der Waals surface area contributed by atoms with Crippen LogP contribution in [0.15, 0.2) is 60.0 Å². The summed E-state index contributed by atoms with van der Waals surface area (Å²) in [6.45, 7) is 1.71. The number of aromatic nitrogens is 3. The molecule has 0 radical (unpaired) electrons. The Hall–Kier alpha value is -2.65. The highest BCUT2D eigenvalue weighted by molar-refractivity contribution is 7.89. The minimum Gasteiger partial charge on any atom is -0.223 e. The van der Waals surface area contributed by atoms with Gasteiger partial charge in [0.2, 0.25) is 10.0 Å². The summed E-state index contributed by atoms with van der Waals surface area (Å²) in [4.78, 5) is 3.57. The van der Waals surface area contributed by atoms with Crippen LogP contribution in [0.25, 0.3) is 5.69 Å². The van der Waals surface area contributed by atoms with Gasteiger partial charge in [0.15, 0.2) is 11.6 Å². The van der Waals surface area contributed by atoms with Gasteiger partial charge in [-0.15, -0.1) is 0 Å². The van der Waals surface area contributed by atoms with E-state index in [1.165, 1.54) is 13.4 Å². The average Bonchev–Trinajstić information content (AvgIpc) is 3.17. The van der Waals surface area contributed by atoms with Crippen molar-refractivity contribution in [2.75, 3.05) is 7.05 Å². The Morgan fingerprint density at radius 1 is 1.08 bits per heavy atom. The van der Waals surface area contributed by atoms with E-state index in [2.05, 4.69) is 10.1 Å². The Labute approximate surface area is 149 Å². The molecule has 0 saturated heterocycles. The molecule has 2 aromatic carbocycles. The molecule has 0 fully saturated rings. The van der Waals surface area contributed by atoms with Crippen LogP contribution in [-0.2, 0) is 10.0 Å². The minimum atomic E-state index is -3.98. The van der Waals surface area contributed by atoms with E-state index in [9.17, 15) is 17.2 Å². The molecule has 0 amide bonds. The van der Waals surface area contributed by atoms with Gasteiger partial charge in [-0.2, -0.15) is 9.40 Å². The van der Waals surface area contributed by atoms with Gasteiger partial charge in [-0.25, -0.2) is 26.9 Å². The topological polar surface area (TPSA) is 68.1 Å². The zero-order chi connectivity index (χ0) is 18.9. The number of nitrogens with zero attached hydrogens (tertiary/aromatic N) is 4. The first kappa shape index (κ1) is 18.2. The summed E-state index contributed by atoms with van der Waals surface area (Å²) < 4.78 is 54.5. The van der Waals surface area contributed by atoms with Gasteiger partial charge in [0.1, 0.15) is 12.7 Å². The van der Waals surface area contributed by atoms with Crippen molar-refractivity contribution in [2.45, 2.75) is 17.9 Å². The third kappa shape index (κ3) is 3.35. The van der Waals surface area contributed by atoms with E-state index in [0.717, 1.165) is 27.7 Å². The lowest BCUT2D eigenvalue weighted by atomic mass is 10.1. The summed E-state index contributed by atoms with van der Waals surface area (Å²) >= 11 is 0. The van der Waals surface area contributed by atoms with Crippen LogP contribution in [-0.4, -0.2) is 34.5 Å². The Kier molecular flexibility index (Phi) is 4.84. The first-order chi connectivity index (χ1) is 12.3. The molecular weight excluding hydrogens is 362 g/mol. The van der Waals surface area contributed by atoms with E-state index < -0.39 is 27.7 Å². The van der Waals surface area contributed by atoms with Crippen molar-refractivity contribution in [1.82, 2.24) is 19.1 Å². The fourth-order valence-electron chi connectivity index (χ4n) is 2.47. The maximum absolute atomic E-state index is 13.4. The molecule has 3 aromatic rings. The van der Waals surface area contributed by atoms with Crippen molar-refractivity contribution in [3.63, 3.8) is 0 Å². The maximum Gasteiger partial charge on any atom is 0.243 e. The minimum absolute atomic E-state index is 0.301. The zero-order valence-electron chi connectivity index (χ0n) is 14.0. The smallest absolute Gasteiger partial charge is 0.223 e. The quantitative estimate of drug-likeness (QED) is 0.685. The molecule has 6 nitrogen and oxygen atoms in total. The fourth-order valence-corrected chi connectivity index (χ4v) is 3.83. The highest BCUT2D eigenvalue weighted by atomic mass is 32.2. The van der Waals surface area contributed by atoms with Gasteiger partial charge in [-0.1, -0.05) is 12.1 Å². The summed E-state index contributed by atoms with van der Waals surface area (Å²) in [5.41, 5.74) is 1.52. The lowest BCUT2D eigenvalue weighted by molar-refractivity contribution is 0.397. The van der Waals surface area contributed by atoms with Crippen molar-refractivity contribution in [1.29, 1.82) is 0 Å². The van der Waals surface area contributed by atoms with E-state index >= 15 is 0 Å². The van der Waals surface area contributed by atoms with Crippen molar-refractivity contribution < 1.29 is 17.2 Å². The van der Waals surface area contributed by atoms with E-state index in [0.29, 0.717) is 6.07 Å². The van der Waals surface area contributed by atoms with E-state index in [1.54, 1.807) is 42.2 Å². The molecule has 0 bridgehead atoms. The van der Waals surface area contributed by atoms with Crippen LogP contribution in [0.2, 0.25) is 0 Å². The largest absolute Gasteiger partial charge is 0.243 e. The van der Waals surface area contributed by atoms with Gasteiger partial charge in [0.25, 0.3) is 0 Å². The third-order valence-electron chi connectivity index (χ3n) is 4.17. The van der Waals surface area contributed by atoms with Crippen molar-refractivity contribution >= 4 is 10.0 Å². The lowest BCUT2D eigenvalue weighted by Crippen LogP contribution is -2.30. The fraction of sp³-hybridized carbons (Fsp3) is 0.176. The van der Waals surface area contributed by atoms with Gasteiger partial charge in [-0.05, 0) is 42.8 Å². The molecule has 0 unspecified atom stereocenters. The SMILES string of the molecule is C[C@@H](c1ccc(-n2cncn2)cc1)N(C)S(=O)(=O)c1ccc(F)c(F)c1. The molecule has 136 valence electrons. The standard InChI is InChI=1S/C17H16F2N4O2S/c1-12(13-3-5-14(6-4-13)23-11-20-10-21-23)22(2)26(24,25)15-7-8-16(18)17(19)9-15/h3-12H,1-2H3/t12-/m0/s1. The van der Waals surface area contributed by atoms with Crippen LogP contribution in [0.4, 0.5) is 8.78 Å².